The Balaban J connectivity index is 3.00. The van der Waals surface area contributed by atoms with E-state index in [4.69, 9.17) is 4.74 Å². The number of aliphatic hydroxyl groups is 1. The van der Waals surface area contributed by atoms with E-state index < -0.39 is 17.6 Å². The second kappa shape index (κ2) is 7.31. The van der Waals surface area contributed by atoms with Crippen LogP contribution in [-0.4, -0.2) is 23.1 Å². The second-order valence-corrected chi connectivity index (χ2v) is 8.18. The summed E-state index contributed by atoms with van der Waals surface area (Å²) < 4.78 is 5.93. The zero-order valence-electron chi connectivity index (χ0n) is 15.4. The van der Waals surface area contributed by atoms with Crippen LogP contribution in [0.15, 0.2) is 36.4 Å². The molecule has 1 N–H and O–H groups in total. The number of aryl methyl sites for hydroxylation is 1. The molecule has 0 radical (unpaired) electrons. The van der Waals surface area contributed by atoms with Crippen LogP contribution in [-0.2, 0) is 4.79 Å². The maximum atomic E-state index is 12.1. The second-order valence-electron chi connectivity index (χ2n) is 8.18. The zero-order chi connectivity index (χ0) is 17.8. The van der Waals surface area contributed by atoms with Crippen molar-refractivity contribution in [3.8, 4) is 5.75 Å². The van der Waals surface area contributed by atoms with Crippen LogP contribution in [0.5, 0.6) is 5.75 Å². The van der Waals surface area contributed by atoms with E-state index in [1.165, 1.54) is 6.08 Å². The average Bonchev–Trinajstić information content (AvgIpc) is 2.42. The van der Waals surface area contributed by atoms with E-state index >= 15 is 0 Å². The fourth-order valence-electron chi connectivity index (χ4n) is 1.91. The lowest BCUT2D eigenvalue weighted by molar-refractivity contribution is -0.121. The van der Waals surface area contributed by atoms with Gasteiger partial charge in [-0.3, -0.25) is 4.79 Å². The molecule has 0 saturated carbocycles. The van der Waals surface area contributed by atoms with Crippen LogP contribution in [0.1, 0.15) is 47.1 Å². The van der Waals surface area contributed by atoms with Gasteiger partial charge in [-0.05, 0) is 36.6 Å². The smallest absolute Gasteiger partial charge is 0.160 e. The molecule has 3 nitrogen and oxygen atoms in total. The highest BCUT2D eigenvalue weighted by molar-refractivity contribution is 5.93. The molecule has 0 aliphatic carbocycles. The van der Waals surface area contributed by atoms with Crippen LogP contribution in [0.2, 0.25) is 0 Å². The van der Waals surface area contributed by atoms with Gasteiger partial charge in [0.2, 0.25) is 0 Å². The Morgan fingerprint density at radius 3 is 2.04 bits per heavy atom. The van der Waals surface area contributed by atoms with E-state index in [9.17, 15) is 9.90 Å². The molecule has 0 bridgehead atoms. The number of aliphatic hydroxyl groups excluding tert-OH is 1. The molecule has 0 aromatic heterocycles. The molecule has 0 amide bonds. The highest BCUT2D eigenvalue weighted by atomic mass is 16.5. The third-order valence-corrected chi connectivity index (χ3v) is 3.67. The Labute approximate surface area is 140 Å². The van der Waals surface area contributed by atoms with Gasteiger partial charge in [-0.2, -0.15) is 0 Å². The topological polar surface area (TPSA) is 46.5 Å². The monoisotopic (exact) mass is 318 g/mol. The standard InChI is InChI=1S/C20H30O3/c1-14-8-10-15(11-9-14)23-16(18(22)20(5,6)7)12-13-17(21)19(2,3)4/h8-13,16,18,22H,1-7H3/b13-12+/t16-,18-/m0/s1. The van der Waals surface area contributed by atoms with E-state index in [-0.39, 0.29) is 11.2 Å². The van der Waals surface area contributed by atoms with E-state index in [0.717, 1.165) is 5.56 Å². The van der Waals surface area contributed by atoms with Crippen LogP contribution in [0, 0.1) is 17.8 Å². The first-order valence-corrected chi connectivity index (χ1v) is 8.05. The third-order valence-electron chi connectivity index (χ3n) is 3.67. The molecule has 1 aromatic carbocycles. The Bertz CT molecular complexity index is 542. The number of ether oxygens (including phenoxy) is 1. The van der Waals surface area contributed by atoms with Gasteiger partial charge in [0, 0.05) is 5.41 Å². The number of carbonyl (C=O) groups excluding carboxylic acids is 1. The number of benzene rings is 1. The van der Waals surface area contributed by atoms with Gasteiger partial charge in [0.25, 0.3) is 0 Å². The van der Waals surface area contributed by atoms with Crippen LogP contribution in [0.3, 0.4) is 0 Å². The minimum atomic E-state index is -0.729. The third kappa shape index (κ3) is 6.19. The van der Waals surface area contributed by atoms with Crippen LogP contribution in [0.4, 0.5) is 0 Å². The first-order valence-electron chi connectivity index (χ1n) is 8.05. The molecule has 0 heterocycles. The first kappa shape index (κ1) is 19.4. The number of hydrogen-bond acceptors (Lipinski definition) is 3. The van der Waals surface area contributed by atoms with Gasteiger partial charge in [0.05, 0.1) is 6.10 Å². The minimum absolute atomic E-state index is 0.0103. The molecule has 0 aliphatic rings. The van der Waals surface area contributed by atoms with E-state index in [2.05, 4.69) is 0 Å². The van der Waals surface area contributed by atoms with Crippen molar-refractivity contribution in [2.45, 2.75) is 60.7 Å². The fourth-order valence-corrected chi connectivity index (χ4v) is 1.91. The number of hydrogen-bond donors (Lipinski definition) is 1. The fraction of sp³-hybridized carbons (Fsp3) is 0.550. The van der Waals surface area contributed by atoms with Gasteiger partial charge in [-0.1, -0.05) is 59.2 Å². The predicted molar refractivity (Wildman–Crippen MR) is 94.7 cm³/mol. The Hall–Kier alpha value is -1.61. The number of ketones is 1. The summed E-state index contributed by atoms with van der Waals surface area (Å²) in [6.45, 7) is 13.5. The summed E-state index contributed by atoms with van der Waals surface area (Å²) in [5.74, 6) is 0.688. The van der Waals surface area contributed by atoms with Gasteiger partial charge in [-0.15, -0.1) is 0 Å². The van der Waals surface area contributed by atoms with E-state index in [0.29, 0.717) is 5.75 Å². The van der Waals surface area contributed by atoms with Gasteiger partial charge >= 0.3 is 0 Å². The Morgan fingerprint density at radius 2 is 1.61 bits per heavy atom. The lowest BCUT2D eigenvalue weighted by Gasteiger charge is -2.31. The van der Waals surface area contributed by atoms with Crippen molar-refractivity contribution < 1.29 is 14.6 Å². The van der Waals surface area contributed by atoms with Crippen LogP contribution < -0.4 is 4.74 Å². The van der Waals surface area contributed by atoms with Crippen LogP contribution in [0.25, 0.3) is 0 Å². The molecule has 1 rings (SSSR count). The molecule has 0 saturated heterocycles. The zero-order valence-corrected chi connectivity index (χ0v) is 15.4. The molecular weight excluding hydrogens is 288 g/mol. The molecule has 23 heavy (non-hydrogen) atoms. The van der Waals surface area contributed by atoms with Gasteiger partial charge in [-0.25, -0.2) is 0 Å². The Kier molecular flexibility index (Phi) is 6.18. The van der Waals surface area contributed by atoms with Crippen molar-refractivity contribution in [1.29, 1.82) is 0 Å². The largest absolute Gasteiger partial charge is 0.484 e. The molecule has 2 atom stereocenters. The van der Waals surface area contributed by atoms with Crippen molar-refractivity contribution in [3.05, 3.63) is 42.0 Å². The quantitative estimate of drug-likeness (QED) is 0.822. The lowest BCUT2D eigenvalue weighted by Crippen LogP contribution is -2.40. The first-order chi connectivity index (χ1) is 10.4. The van der Waals surface area contributed by atoms with Crippen molar-refractivity contribution >= 4 is 5.78 Å². The summed E-state index contributed by atoms with van der Waals surface area (Å²) in [4.78, 5) is 12.1. The summed E-state index contributed by atoms with van der Waals surface area (Å²) >= 11 is 0. The maximum absolute atomic E-state index is 12.1. The molecular formula is C20H30O3. The van der Waals surface area contributed by atoms with E-state index in [1.54, 1.807) is 6.08 Å². The van der Waals surface area contributed by atoms with Crippen molar-refractivity contribution in [2.75, 3.05) is 0 Å². The normalized spacial score (nSPS) is 15.5. The highest BCUT2D eigenvalue weighted by Gasteiger charge is 2.31. The van der Waals surface area contributed by atoms with Gasteiger partial charge in [0.1, 0.15) is 11.9 Å². The van der Waals surface area contributed by atoms with Gasteiger partial charge < -0.3 is 9.84 Å². The summed E-state index contributed by atoms with van der Waals surface area (Å²) in [5.41, 5.74) is 0.339. The van der Waals surface area contributed by atoms with Crippen molar-refractivity contribution in [2.24, 2.45) is 10.8 Å². The molecule has 0 unspecified atom stereocenters. The molecule has 128 valence electrons. The van der Waals surface area contributed by atoms with Crippen molar-refractivity contribution in [1.82, 2.24) is 0 Å². The number of rotatable bonds is 5. The SMILES string of the molecule is Cc1ccc(O[C@@H](/C=C/C(=O)C(C)(C)C)[C@H](O)C(C)(C)C)cc1. The van der Waals surface area contributed by atoms with Crippen molar-refractivity contribution in [3.63, 3.8) is 0 Å². The number of carbonyl (C=O) groups is 1. The van der Waals surface area contributed by atoms with E-state index in [1.807, 2.05) is 72.7 Å². The predicted octanol–water partition coefficient (Wildman–Crippen LogP) is 4.32. The molecule has 0 aliphatic heterocycles. The summed E-state index contributed by atoms with van der Waals surface area (Å²) in [7, 11) is 0. The number of allylic oxidation sites excluding steroid dienone is 1. The minimum Gasteiger partial charge on any atom is -0.484 e. The summed E-state index contributed by atoms with van der Waals surface area (Å²) in [5, 5.41) is 10.6. The molecule has 1 aromatic rings. The average molecular weight is 318 g/mol. The summed E-state index contributed by atoms with van der Waals surface area (Å²) in [6, 6.07) is 7.66. The molecule has 0 spiro atoms. The van der Waals surface area contributed by atoms with Crippen LogP contribution >= 0.6 is 0 Å². The van der Waals surface area contributed by atoms with Gasteiger partial charge in [0.15, 0.2) is 5.78 Å². The summed E-state index contributed by atoms with van der Waals surface area (Å²) in [6.07, 6.45) is 1.88. The maximum Gasteiger partial charge on any atom is 0.160 e. The highest BCUT2D eigenvalue weighted by Crippen LogP contribution is 2.26. The molecule has 0 fully saturated rings. The Morgan fingerprint density at radius 1 is 1.09 bits per heavy atom. The lowest BCUT2D eigenvalue weighted by atomic mass is 9.84. The molecule has 3 heteroatoms.